The number of anilines is 1. The summed E-state index contributed by atoms with van der Waals surface area (Å²) in [5, 5.41) is 6.04. The Kier molecular flexibility index (Phi) is 4.05. The number of carbonyl (C=O) groups is 1. The molecule has 21 heavy (non-hydrogen) atoms. The van der Waals surface area contributed by atoms with Crippen LogP contribution in [0.5, 0.6) is 0 Å². The Labute approximate surface area is 124 Å². The second kappa shape index (κ2) is 5.97. The summed E-state index contributed by atoms with van der Waals surface area (Å²) in [6, 6.07) is 0.101. The molecular formula is C15H22N4O2. The predicted octanol–water partition coefficient (Wildman–Crippen LogP) is 1.74. The minimum Gasteiger partial charge on any atom is -0.373 e. The van der Waals surface area contributed by atoms with Gasteiger partial charge in [-0.3, -0.25) is 4.79 Å². The highest BCUT2D eigenvalue weighted by molar-refractivity contribution is 5.93. The zero-order valence-electron chi connectivity index (χ0n) is 12.4. The van der Waals surface area contributed by atoms with Gasteiger partial charge in [-0.1, -0.05) is 12.8 Å². The number of amides is 1. The molecule has 114 valence electrons. The second-order valence-corrected chi connectivity index (χ2v) is 5.90. The van der Waals surface area contributed by atoms with E-state index in [2.05, 4.69) is 20.6 Å². The van der Waals surface area contributed by atoms with Gasteiger partial charge in [-0.15, -0.1) is 0 Å². The lowest BCUT2D eigenvalue weighted by Gasteiger charge is -2.21. The summed E-state index contributed by atoms with van der Waals surface area (Å²) in [4.78, 5) is 20.4. The number of ether oxygens (including phenoxy) is 1. The Balaban J connectivity index is 1.56. The Hall–Kier alpha value is -1.69. The second-order valence-electron chi connectivity index (χ2n) is 5.90. The van der Waals surface area contributed by atoms with Crippen LogP contribution >= 0.6 is 0 Å². The van der Waals surface area contributed by atoms with Crippen LogP contribution in [-0.2, 0) is 4.74 Å². The Morgan fingerprint density at radius 2 is 2.10 bits per heavy atom. The maximum atomic E-state index is 12.2. The molecule has 2 aliphatic rings. The number of rotatable bonds is 4. The number of nitrogens with zero attached hydrogens (tertiary/aromatic N) is 2. The molecule has 1 aromatic heterocycles. The molecule has 1 aliphatic carbocycles. The van der Waals surface area contributed by atoms with Crippen LogP contribution in [0.1, 0.15) is 49.4 Å². The standard InChI is InChI=1S/C15H22N4O2/c1-2-16-14-17-8-11(9-18-14)13(20)19-12-7-15(21-10-12)5-3-4-6-15/h8-9,12H,2-7,10H2,1H3,(H,19,20)(H,16,17,18)/t12-/m0/s1. The number of hydrogen-bond donors (Lipinski definition) is 2. The normalized spacial score (nSPS) is 23.4. The van der Waals surface area contributed by atoms with Gasteiger partial charge in [0.25, 0.3) is 5.91 Å². The minimum atomic E-state index is -0.123. The molecule has 1 spiro atoms. The zero-order valence-corrected chi connectivity index (χ0v) is 12.4. The largest absolute Gasteiger partial charge is 0.373 e. The van der Waals surface area contributed by atoms with E-state index in [-0.39, 0.29) is 17.6 Å². The zero-order chi connectivity index (χ0) is 14.7. The van der Waals surface area contributed by atoms with Crippen LogP contribution in [0.4, 0.5) is 5.95 Å². The van der Waals surface area contributed by atoms with Gasteiger partial charge >= 0.3 is 0 Å². The van der Waals surface area contributed by atoms with Crippen molar-refractivity contribution in [3.63, 3.8) is 0 Å². The lowest BCUT2D eigenvalue weighted by molar-refractivity contribution is 0.00987. The SMILES string of the molecule is CCNc1ncc(C(=O)N[C@@H]2COC3(CCCC3)C2)cn1. The van der Waals surface area contributed by atoms with Gasteiger partial charge in [0.2, 0.25) is 5.95 Å². The third-order valence-electron chi connectivity index (χ3n) is 4.31. The molecule has 0 radical (unpaired) electrons. The van der Waals surface area contributed by atoms with Crippen LogP contribution in [0, 0.1) is 0 Å². The Morgan fingerprint density at radius 1 is 1.38 bits per heavy atom. The summed E-state index contributed by atoms with van der Waals surface area (Å²) in [6.07, 6.45) is 8.76. The van der Waals surface area contributed by atoms with Crippen molar-refractivity contribution < 1.29 is 9.53 Å². The van der Waals surface area contributed by atoms with E-state index in [0.29, 0.717) is 18.1 Å². The van der Waals surface area contributed by atoms with E-state index >= 15 is 0 Å². The van der Waals surface area contributed by atoms with E-state index in [1.54, 1.807) is 12.4 Å². The lowest BCUT2D eigenvalue weighted by atomic mass is 9.96. The molecule has 6 heteroatoms. The molecule has 1 aromatic rings. The highest BCUT2D eigenvalue weighted by Gasteiger charge is 2.42. The van der Waals surface area contributed by atoms with Gasteiger partial charge in [0.05, 0.1) is 23.8 Å². The van der Waals surface area contributed by atoms with Crippen LogP contribution in [0.3, 0.4) is 0 Å². The maximum absolute atomic E-state index is 12.2. The van der Waals surface area contributed by atoms with Gasteiger partial charge < -0.3 is 15.4 Å². The molecule has 3 rings (SSSR count). The van der Waals surface area contributed by atoms with E-state index in [1.807, 2.05) is 6.92 Å². The molecule has 2 N–H and O–H groups in total. The average molecular weight is 290 g/mol. The van der Waals surface area contributed by atoms with Crippen LogP contribution < -0.4 is 10.6 Å². The van der Waals surface area contributed by atoms with Gasteiger partial charge in [-0.2, -0.15) is 0 Å². The van der Waals surface area contributed by atoms with Crippen molar-refractivity contribution >= 4 is 11.9 Å². The Morgan fingerprint density at radius 3 is 2.76 bits per heavy atom. The van der Waals surface area contributed by atoms with Crippen LogP contribution in [0.25, 0.3) is 0 Å². The molecule has 1 saturated carbocycles. The highest BCUT2D eigenvalue weighted by Crippen LogP contribution is 2.40. The molecule has 1 amide bonds. The van der Waals surface area contributed by atoms with Gasteiger partial charge in [-0.05, 0) is 26.2 Å². The van der Waals surface area contributed by atoms with Crippen molar-refractivity contribution in [1.82, 2.24) is 15.3 Å². The summed E-state index contributed by atoms with van der Waals surface area (Å²) in [7, 11) is 0. The molecule has 1 saturated heterocycles. The van der Waals surface area contributed by atoms with Crippen LogP contribution in [0.15, 0.2) is 12.4 Å². The summed E-state index contributed by atoms with van der Waals surface area (Å²) in [5.41, 5.74) is 0.521. The summed E-state index contributed by atoms with van der Waals surface area (Å²) < 4.78 is 5.95. The smallest absolute Gasteiger partial charge is 0.254 e. The fourth-order valence-corrected chi connectivity index (χ4v) is 3.27. The van der Waals surface area contributed by atoms with E-state index in [9.17, 15) is 4.79 Å². The van der Waals surface area contributed by atoms with E-state index in [0.717, 1.165) is 25.8 Å². The fraction of sp³-hybridized carbons (Fsp3) is 0.667. The average Bonchev–Trinajstić information content (AvgIpc) is 3.11. The van der Waals surface area contributed by atoms with Gasteiger partial charge in [0.15, 0.2) is 0 Å². The fourth-order valence-electron chi connectivity index (χ4n) is 3.27. The Bertz CT molecular complexity index is 497. The van der Waals surface area contributed by atoms with E-state index in [4.69, 9.17) is 4.74 Å². The molecule has 6 nitrogen and oxygen atoms in total. The van der Waals surface area contributed by atoms with Gasteiger partial charge in [0.1, 0.15) is 0 Å². The minimum absolute atomic E-state index is 0.0311. The van der Waals surface area contributed by atoms with Crippen molar-refractivity contribution in [2.24, 2.45) is 0 Å². The van der Waals surface area contributed by atoms with Crippen molar-refractivity contribution in [3.05, 3.63) is 18.0 Å². The predicted molar refractivity (Wildman–Crippen MR) is 79.2 cm³/mol. The first-order chi connectivity index (χ1) is 10.2. The van der Waals surface area contributed by atoms with Gasteiger partial charge in [0, 0.05) is 18.9 Å². The third-order valence-corrected chi connectivity index (χ3v) is 4.31. The molecule has 0 bridgehead atoms. The molecular weight excluding hydrogens is 268 g/mol. The summed E-state index contributed by atoms with van der Waals surface area (Å²) in [5.74, 6) is 0.421. The number of carbonyl (C=O) groups excluding carboxylic acids is 1. The third kappa shape index (κ3) is 3.15. The molecule has 1 atom stereocenters. The first-order valence-corrected chi connectivity index (χ1v) is 7.71. The van der Waals surface area contributed by atoms with Crippen molar-refractivity contribution in [2.45, 2.75) is 50.7 Å². The quantitative estimate of drug-likeness (QED) is 0.883. The van der Waals surface area contributed by atoms with Crippen molar-refractivity contribution in [1.29, 1.82) is 0 Å². The summed E-state index contributed by atoms with van der Waals surface area (Å²) >= 11 is 0. The number of nitrogens with one attached hydrogen (secondary N) is 2. The topological polar surface area (TPSA) is 76.1 Å². The van der Waals surface area contributed by atoms with Crippen LogP contribution in [0.2, 0.25) is 0 Å². The molecule has 1 aliphatic heterocycles. The molecule has 0 unspecified atom stereocenters. The van der Waals surface area contributed by atoms with Crippen LogP contribution in [-0.4, -0.2) is 40.7 Å². The first-order valence-electron chi connectivity index (χ1n) is 7.71. The highest BCUT2D eigenvalue weighted by atomic mass is 16.5. The van der Waals surface area contributed by atoms with E-state index < -0.39 is 0 Å². The first kappa shape index (κ1) is 14.3. The maximum Gasteiger partial charge on any atom is 0.254 e. The van der Waals surface area contributed by atoms with Gasteiger partial charge in [-0.25, -0.2) is 9.97 Å². The monoisotopic (exact) mass is 290 g/mol. The van der Waals surface area contributed by atoms with Crippen molar-refractivity contribution in [3.8, 4) is 0 Å². The molecule has 2 heterocycles. The van der Waals surface area contributed by atoms with E-state index in [1.165, 1.54) is 12.8 Å². The molecule has 0 aromatic carbocycles. The summed E-state index contributed by atoms with van der Waals surface area (Å²) in [6.45, 7) is 3.35. The lowest BCUT2D eigenvalue weighted by Crippen LogP contribution is -2.36. The number of aromatic nitrogens is 2. The van der Waals surface area contributed by atoms with Crippen molar-refractivity contribution in [2.75, 3.05) is 18.5 Å². The molecule has 2 fully saturated rings. The number of hydrogen-bond acceptors (Lipinski definition) is 5.